The Labute approximate surface area is 94.4 Å². The fourth-order valence-electron chi connectivity index (χ4n) is 2.19. The lowest BCUT2D eigenvalue weighted by atomic mass is 10.0. The molecule has 0 aromatic heterocycles. The summed E-state index contributed by atoms with van der Waals surface area (Å²) in [7, 11) is 0. The summed E-state index contributed by atoms with van der Waals surface area (Å²) in [5, 5.41) is 3.60. The Kier molecular flexibility index (Phi) is 5.75. The van der Waals surface area contributed by atoms with Gasteiger partial charge in [0.05, 0.1) is 0 Å². The van der Waals surface area contributed by atoms with E-state index in [0.717, 1.165) is 19.0 Å². The van der Waals surface area contributed by atoms with Crippen LogP contribution in [-0.2, 0) is 0 Å². The van der Waals surface area contributed by atoms with Gasteiger partial charge in [0.2, 0.25) is 0 Å². The van der Waals surface area contributed by atoms with Crippen LogP contribution in [0.3, 0.4) is 0 Å². The average molecular weight is 208 g/mol. The van der Waals surface area contributed by atoms with Crippen LogP contribution in [0.1, 0.15) is 39.5 Å². The van der Waals surface area contributed by atoms with Crippen molar-refractivity contribution in [3.8, 4) is 12.3 Å². The van der Waals surface area contributed by atoms with Gasteiger partial charge in [-0.3, -0.25) is 4.90 Å². The molecular weight excluding hydrogens is 184 g/mol. The number of nitrogens with one attached hydrogen (secondary N) is 1. The Hall–Kier alpha value is -0.520. The standard InChI is InChI=1S/C13H24N2/c1-4-6-12(3)15-10-7-13(8-11-15)14-9-5-2/h1,12-14H,5-11H2,2-3H3. The van der Waals surface area contributed by atoms with E-state index in [2.05, 4.69) is 30.0 Å². The van der Waals surface area contributed by atoms with Crippen molar-refractivity contribution in [2.75, 3.05) is 19.6 Å². The second-order valence-electron chi connectivity index (χ2n) is 4.52. The van der Waals surface area contributed by atoms with Crippen LogP contribution in [0.4, 0.5) is 0 Å². The highest BCUT2D eigenvalue weighted by molar-refractivity contribution is 4.90. The zero-order valence-electron chi connectivity index (χ0n) is 10.1. The van der Waals surface area contributed by atoms with E-state index in [9.17, 15) is 0 Å². The number of nitrogens with zero attached hydrogens (tertiary/aromatic N) is 1. The minimum absolute atomic E-state index is 0.558. The first-order chi connectivity index (χ1) is 7.27. The van der Waals surface area contributed by atoms with Crippen LogP contribution in [0.5, 0.6) is 0 Å². The van der Waals surface area contributed by atoms with Gasteiger partial charge in [0.25, 0.3) is 0 Å². The predicted octanol–water partition coefficient (Wildman–Crippen LogP) is 1.86. The molecule has 0 amide bonds. The van der Waals surface area contributed by atoms with Gasteiger partial charge in [-0.1, -0.05) is 6.92 Å². The molecule has 0 spiro atoms. The Morgan fingerprint density at radius 3 is 2.67 bits per heavy atom. The second kappa shape index (κ2) is 6.87. The molecule has 1 unspecified atom stereocenters. The fourth-order valence-corrected chi connectivity index (χ4v) is 2.19. The highest BCUT2D eigenvalue weighted by Gasteiger charge is 2.21. The van der Waals surface area contributed by atoms with Gasteiger partial charge >= 0.3 is 0 Å². The van der Waals surface area contributed by atoms with Crippen molar-refractivity contribution in [3.05, 3.63) is 0 Å². The van der Waals surface area contributed by atoms with Crippen LogP contribution in [0, 0.1) is 12.3 Å². The topological polar surface area (TPSA) is 15.3 Å². The summed E-state index contributed by atoms with van der Waals surface area (Å²) < 4.78 is 0. The van der Waals surface area contributed by atoms with Crippen molar-refractivity contribution in [2.45, 2.75) is 51.6 Å². The summed E-state index contributed by atoms with van der Waals surface area (Å²) in [6.07, 6.45) is 10.00. The van der Waals surface area contributed by atoms with Gasteiger partial charge in [0.15, 0.2) is 0 Å². The van der Waals surface area contributed by atoms with Crippen LogP contribution < -0.4 is 5.32 Å². The highest BCUT2D eigenvalue weighted by atomic mass is 15.2. The summed E-state index contributed by atoms with van der Waals surface area (Å²) in [5.74, 6) is 2.75. The highest BCUT2D eigenvalue weighted by Crippen LogP contribution is 2.14. The molecule has 0 aromatic rings. The number of hydrogen-bond donors (Lipinski definition) is 1. The molecule has 1 atom stereocenters. The molecule has 1 aliphatic heterocycles. The number of rotatable bonds is 5. The average Bonchev–Trinajstić information content (AvgIpc) is 2.27. The summed E-state index contributed by atoms with van der Waals surface area (Å²) in [4.78, 5) is 2.52. The smallest absolute Gasteiger partial charge is 0.0240 e. The van der Waals surface area contributed by atoms with Crippen LogP contribution >= 0.6 is 0 Å². The maximum atomic E-state index is 5.34. The Bertz CT molecular complexity index is 199. The third-order valence-corrected chi connectivity index (χ3v) is 3.25. The number of terminal acetylenes is 1. The summed E-state index contributed by atoms with van der Waals surface area (Å²) >= 11 is 0. The lowest BCUT2D eigenvalue weighted by Crippen LogP contribution is -2.45. The van der Waals surface area contributed by atoms with E-state index in [1.54, 1.807) is 0 Å². The molecule has 0 saturated carbocycles. The van der Waals surface area contributed by atoms with Crippen molar-refractivity contribution < 1.29 is 0 Å². The van der Waals surface area contributed by atoms with E-state index in [0.29, 0.717) is 6.04 Å². The van der Waals surface area contributed by atoms with Gasteiger partial charge in [0, 0.05) is 18.5 Å². The van der Waals surface area contributed by atoms with Crippen molar-refractivity contribution >= 4 is 0 Å². The van der Waals surface area contributed by atoms with Crippen LogP contribution in [0.25, 0.3) is 0 Å². The SMILES string of the molecule is C#CCC(C)N1CCC(NCCC)CC1. The van der Waals surface area contributed by atoms with E-state index < -0.39 is 0 Å². The summed E-state index contributed by atoms with van der Waals surface area (Å²) in [6.45, 7) is 8.01. The minimum Gasteiger partial charge on any atom is -0.314 e. The second-order valence-corrected chi connectivity index (χ2v) is 4.52. The van der Waals surface area contributed by atoms with Crippen LogP contribution in [-0.4, -0.2) is 36.6 Å². The Balaban J connectivity index is 2.20. The first kappa shape index (κ1) is 12.5. The first-order valence-corrected chi connectivity index (χ1v) is 6.18. The van der Waals surface area contributed by atoms with Crippen molar-refractivity contribution in [2.24, 2.45) is 0 Å². The molecule has 0 aromatic carbocycles. The molecular formula is C13H24N2. The van der Waals surface area contributed by atoms with Gasteiger partial charge in [-0.2, -0.15) is 0 Å². The molecule has 1 N–H and O–H groups in total. The first-order valence-electron chi connectivity index (χ1n) is 6.18. The zero-order valence-corrected chi connectivity index (χ0v) is 10.1. The lowest BCUT2D eigenvalue weighted by molar-refractivity contribution is 0.154. The minimum atomic E-state index is 0.558. The molecule has 86 valence electrons. The van der Waals surface area contributed by atoms with Crippen molar-refractivity contribution in [1.82, 2.24) is 10.2 Å². The molecule has 15 heavy (non-hydrogen) atoms. The summed E-state index contributed by atoms with van der Waals surface area (Å²) in [6, 6.07) is 1.29. The quantitative estimate of drug-likeness (QED) is 0.694. The molecule has 0 bridgehead atoms. The van der Waals surface area contributed by atoms with Crippen molar-refractivity contribution in [1.29, 1.82) is 0 Å². The molecule has 0 radical (unpaired) electrons. The van der Waals surface area contributed by atoms with Crippen molar-refractivity contribution in [3.63, 3.8) is 0 Å². The van der Waals surface area contributed by atoms with E-state index in [4.69, 9.17) is 6.42 Å². The van der Waals surface area contributed by atoms with Gasteiger partial charge in [-0.15, -0.1) is 12.3 Å². The van der Waals surface area contributed by atoms with E-state index >= 15 is 0 Å². The molecule has 1 heterocycles. The molecule has 2 heteroatoms. The molecule has 1 rings (SSSR count). The number of hydrogen-bond acceptors (Lipinski definition) is 2. The normalized spacial score (nSPS) is 21.1. The van der Waals surface area contributed by atoms with E-state index in [1.165, 1.54) is 32.4 Å². The van der Waals surface area contributed by atoms with Gasteiger partial charge in [-0.05, 0) is 45.8 Å². The van der Waals surface area contributed by atoms with Gasteiger partial charge in [-0.25, -0.2) is 0 Å². The predicted molar refractivity (Wildman–Crippen MR) is 65.8 cm³/mol. The van der Waals surface area contributed by atoms with Gasteiger partial charge < -0.3 is 5.32 Å². The molecule has 2 nitrogen and oxygen atoms in total. The van der Waals surface area contributed by atoms with Crippen LogP contribution in [0.15, 0.2) is 0 Å². The summed E-state index contributed by atoms with van der Waals surface area (Å²) in [5.41, 5.74) is 0. The largest absolute Gasteiger partial charge is 0.314 e. The van der Waals surface area contributed by atoms with Crippen LogP contribution in [0.2, 0.25) is 0 Å². The number of piperidine rings is 1. The molecule has 1 aliphatic rings. The molecule has 0 aliphatic carbocycles. The monoisotopic (exact) mass is 208 g/mol. The lowest BCUT2D eigenvalue weighted by Gasteiger charge is -2.35. The molecule has 1 saturated heterocycles. The van der Waals surface area contributed by atoms with E-state index in [1.807, 2.05) is 0 Å². The zero-order chi connectivity index (χ0) is 11.1. The van der Waals surface area contributed by atoms with Gasteiger partial charge in [0.1, 0.15) is 0 Å². The third-order valence-electron chi connectivity index (χ3n) is 3.25. The Morgan fingerprint density at radius 1 is 1.47 bits per heavy atom. The Morgan fingerprint density at radius 2 is 2.13 bits per heavy atom. The maximum absolute atomic E-state index is 5.34. The maximum Gasteiger partial charge on any atom is 0.0240 e. The molecule has 1 fully saturated rings. The van der Waals surface area contributed by atoms with E-state index in [-0.39, 0.29) is 0 Å². The number of likely N-dealkylation sites (tertiary alicyclic amines) is 1. The third kappa shape index (κ3) is 4.24. The fraction of sp³-hybridized carbons (Fsp3) is 0.846.